The number of hydrogen-bond donors (Lipinski definition) is 1. The molecule has 3 nitrogen and oxygen atoms in total. The minimum atomic E-state index is 0.627. The van der Waals surface area contributed by atoms with Crippen LogP contribution < -0.4 is 10.5 Å². The zero-order valence-corrected chi connectivity index (χ0v) is 9.66. The Morgan fingerprint density at radius 1 is 1.31 bits per heavy atom. The second-order valence-electron chi connectivity index (χ2n) is 3.84. The number of ether oxygens (including phenoxy) is 1. The molecule has 1 aromatic heterocycles. The Labute approximate surface area is 95.2 Å². The number of rotatable bonds is 3. The Balaban J connectivity index is 2.55. The van der Waals surface area contributed by atoms with Crippen molar-refractivity contribution < 1.29 is 4.74 Å². The van der Waals surface area contributed by atoms with E-state index in [0.29, 0.717) is 5.82 Å². The van der Waals surface area contributed by atoms with Crippen molar-refractivity contribution in [2.24, 2.45) is 0 Å². The number of aromatic nitrogens is 1. The predicted molar refractivity (Wildman–Crippen MR) is 66.7 cm³/mol. The topological polar surface area (TPSA) is 48.1 Å². The van der Waals surface area contributed by atoms with Gasteiger partial charge in [0.25, 0.3) is 0 Å². The van der Waals surface area contributed by atoms with Gasteiger partial charge in [-0.2, -0.15) is 0 Å². The molecule has 2 N–H and O–H groups in total. The Morgan fingerprint density at radius 2 is 2.12 bits per heavy atom. The van der Waals surface area contributed by atoms with Crippen molar-refractivity contribution in [3.05, 3.63) is 29.8 Å². The van der Waals surface area contributed by atoms with Crippen molar-refractivity contribution in [2.45, 2.75) is 19.8 Å². The van der Waals surface area contributed by atoms with Gasteiger partial charge < -0.3 is 10.5 Å². The number of fused-ring (bicyclic) bond motifs is 1. The Kier molecular flexibility index (Phi) is 2.95. The fourth-order valence-electron chi connectivity index (χ4n) is 1.80. The molecule has 0 saturated heterocycles. The number of pyridine rings is 1. The minimum Gasteiger partial charge on any atom is -0.497 e. The first-order valence-electron chi connectivity index (χ1n) is 5.47. The first-order chi connectivity index (χ1) is 7.74. The lowest BCUT2D eigenvalue weighted by molar-refractivity contribution is 0.415. The van der Waals surface area contributed by atoms with E-state index in [1.807, 2.05) is 18.2 Å². The summed E-state index contributed by atoms with van der Waals surface area (Å²) in [6.07, 6.45) is 2.05. The van der Waals surface area contributed by atoms with Crippen LogP contribution in [0.1, 0.15) is 18.9 Å². The van der Waals surface area contributed by atoms with Gasteiger partial charge in [0.05, 0.1) is 12.6 Å². The smallest absolute Gasteiger partial charge is 0.127 e. The van der Waals surface area contributed by atoms with Crippen LogP contribution in [0.5, 0.6) is 5.75 Å². The van der Waals surface area contributed by atoms with E-state index in [4.69, 9.17) is 10.5 Å². The van der Waals surface area contributed by atoms with Gasteiger partial charge >= 0.3 is 0 Å². The van der Waals surface area contributed by atoms with Crippen LogP contribution in [-0.4, -0.2) is 12.1 Å². The highest BCUT2D eigenvalue weighted by Gasteiger charge is 2.04. The third-order valence-electron chi connectivity index (χ3n) is 2.66. The van der Waals surface area contributed by atoms with Crippen molar-refractivity contribution in [2.75, 3.05) is 12.8 Å². The summed E-state index contributed by atoms with van der Waals surface area (Å²) < 4.78 is 5.16. The van der Waals surface area contributed by atoms with Crippen molar-refractivity contribution in [3.63, 3.8) is 0 Å². The molecule has 0 atom stereocenters. The van der Waals surface area contributed by atoms with Gasteiger partial charge in [0.15, 0.2) is 0 Å². The van der Waals surface area contributed by atoms with Crippen LogP contribution in [0.15, 0.2) is 24.3 Å². The molecular weight excluding hydrogens is 200 g/mol. The third kappa shape index (κ3) is 1.94. The number of nitrogen functional groups attached to an aromatic ring is 1. The maximum Gasteiger partial charge on any atom is 0.127 e. The highest BCUT2D eigenvalue weighted by Crippen LogP contribution is 2.23. The third-order valence-corrected chi connectivity index (χ3v) is 2.66. The normalized spacial score (nSPS) is 10.6. The molecule has 0 radical (unpaired) electrons. The van der Waals surface area contributed by atoms with E-state index in [0.717, 1.165) is 35.1 Å². The molecule has 0 bridgehead atoms. The summed E-state index contributed by atoms with van der Waals surface area (Å²) in [5, 5.41) is 1.11. The van der Waals surface area contributed by atoms with E-state index in [2.05, 4.69) is 18.0 Å². The summed E-state index contributed by atoms with van der Waals surface area (Å²) in [5.41, 5.74) is 7.92. The number of anilines is 1. The average molecular weight is 216 g/mol. The monoisotopic (exact) mass is 216 g/mol. The largest absolute Gasteiger partial charge is 0.497 e. The second kappa shape index (κ2) is 4.39. The highest BCUT2D eigenvalue weighted by atomic mass is 16.5. The first kappa shape index (κ1) is 10.7. The molecule has 0 fully saturated rings. The maximum absolute atomic E-state index is 5.91. The van der Waals surface area contributed by atoms with E-state index in [1.165, 1.54) is 0 Å². The van der Waals surface area contributed by atoms with Gasteiger partial charge in [0.2, 0.25) is 0 Å². The van der Waals surface area contributed by atoms with Crippen LogP contribution in [0, 0.1) is 0 Å². The van der Waals surface area contributed by atoms with Crippen LogP contribution in [0.4, 0.5) is 5.82 Å². The van der Waals surface area contributed by atoms with Crippen LogP contribution in [0.2, 0.25) is 0 Å². The number of nitrogens with zero attached hydrogens (tertiary/aromatic N) is 1. The lowest BCUT2D eigenvalue weighted by Crippen LogP contribution is -1.98. The van der Waals surface area contributed by atoms with Crippen molar-refractivity contribution >= 4 is 16.7 Å². The van der Waals surface area contributed by atoms with Gasteiger partial charge in [-0.1, -0.05) is 13.3 Å². The van der Waals surface area contributed by atoms with Crippen LogP contribution in [0.3, 0.4) is 0 Å². The summed E-state index contributed by atoms with van der Waals surface area (Å²) in [6, 6.07) is 7.97. The van der Waals surface area contributed by atoms with Crippen LogP contribution in [-0.2, 0) is 6.42 Å². The summed E-state index contributed by atoms with van der Waals surface area (Å²) in [7, 11) is 1.65. The van der Waals surface area contributed by atoms with E-state index in [1.54, 1.807) is 7.11 Å². The van der Waals surface area contributed by atoms with E-state index in [9.17, 15) is 0 Å². The quantitative estimate of drug-likeness (QED) is 0.858. The number of hydrogen-bond acceptors (Lipinski definition) is 3. The molecule has 0 amide bonds. The second-order valence-corrected chi connectivity index (χ2v) is 3.84. The SMILES string of the molecule is CCCc1cc2ccc(OC)cc2nc1N. The molecule has 2 rings (SSSR count). The molecule has 0 aliphatic carbocycles. The van der Waals surface area contributed by atoms with E-state index >= 15 is 0 Å². The zero-order valence-electron chi connectivity index (χ0n) is 9.66. The van der Waals surface area contributed by atoms with E-state index in [-0.39, 0.29) is 0 Å². The lowest BCUT2D eigenvalue weighted by Gasteiger charge is -2.07. The number of methoxy groups -OCH3 is 1. The molecule has 1 aromatic carbocycles. The fourth-order valence-corrected chi connectivity index (χ4v) is 1.80. The molecule has 2 aromatic rings. The molecule has 0 aliphatic heterocycles. The van der Waals surface area contributed by atoms with Crippen molar-refractivity contribution in [1.29, 1.82) is 0 Å². The number of benzene rings is 1. The van der Waals surface area contributed by atoms with Gasteiger partial charge in [-0.05, 0) is 30.2 Å². The molecule has 84 valence electrons. The molecule has 0 unspecified atom stereocenters. The van der Waals surface area contributed by atoms with E-state index < -0.39 is 0 Å². The first-order valence-corrected chi connectivity index (χ1v) is 5.47. The van der Waals surface area contributed by atoms with Crippen LogP contribution >= 0.6 is 0 Å². The predicted octanol–water partition coefficient (Wildman–Crippen LogP) is 2.78. The standard InChI is InChI=1S/C13H16N2O/c1-3-4-10-7-9-5-6-11(16-2)8-12(9)15-13(10)14/h5-8H,3-4H2,1-2H3,(H2,14,15). The lowest BCUT2D eigenvalue weighted by atomic mass is 10.1. The Morgan fingerprint density at radius 3 is 2.81 bits per heavy atom. The molecule has 1 heterocycles. The van der Waals surface area contributed by atoms with Gasteiger partial charge in [-0.3, -0.25) is 0 Å². The molecule has 0 saturated carbocycles. The summed E-state index contributed by atoms with van der Waals surface area (Å²) in [6.45, 7) is 2.14. The van der Waals surface area contributed by atoms with Gasteiger partial charge in [-0.15, -0.1) is 0 Å². The minimum absolute atomic E-state index is 0.627. The summed E-state index contributed by atoms with van der Waals surface area (Å²) >= 11 is 0. The van der Waals surface area contributed by atoms with Crippen molar-refractivity contribution in [3.8, 4) is 5.75 Å². The zero-order chi connectivity index (χ0) is 11.5. The molecular formula is C13H16N2O. The van der Waals surface area contributed by atoms with Crippen LogP contribution in [0.25, 0.3) is 10.9 Å². The molecule has 3 heteroatoms. The fraction of sp³-hybridized carbons (Fsp3) is 0.308. The molecule has 0 spiro atoms. The summed E-state index contributed by atoms with van der Waals surface area (Å²) in [4.78, 5) is 4.40. The van der Waals surface area contributed by atoms with Gasteiger partial charge in [-0.25, -0.2) is 4.98 Å². The number of nitrogens with two attached hydrogens (primary N) is 1. The maximum atomic E-state index is 5.91. The van der Waals surface area contributed by atoms with Crippen molar-refractivity contribution in [1.82, 2.24) is 4.98 Å². The molecule has 16 heavy (non-hydrogen) atoms. The van der Waals surface area contributed by atoms with Gasteiger partial charge in [0.1, 0.15) is 11.6 Å². The Hall–Kier alpha value is -1.77. The Bertz CT molecular complexity index is 509. The average Bonchev–Trinajstić information content (AvgIpc) is 2.30. The van der Waals surface area contributed by atoms with Gasteiger partial charge in [0, 0.05) is 11.5 Å². The highest BCUT2D eigenvalue weighted by molar-refractivity contribution is 5.82. The molecule has 0 aliphatic rings. The summed E-state index contributed by atoms with van der Waals surface area (Å²) in [5.74, 6) is 1.44. The number of aryl methyl sites for hydroxylation is 1.